The fourth-order valence-electron chi connectivity index (χ4n) is 1.16. The number of carbonyl (C=O) groups is 1. The van der Waals surface area contributed by atoms with E-state index in [-0.39, 0.29) is 11.9 Å². The highest BCUT2D eigenvalue weighted by molar-refractivity contribution is 6.17. The zero-order valence-corrected chi connectivity index (χ0v) is 10.0. The van der Waals surface area contributed by atoms with Crippen LogP contribution in [0, 0.1) is 6.92 Å². The number of furan rings is 1. The Kier molecular flexibility index (Phi) is 4.21. The minimum Gasteiger partial charge on any atom is -0.456 e. The van der Waals surface area contributed by atoms with Crippen molar-refractivity contribution < 1.29 is 9.21 Å². The first-order valence-corrected chi connectivity index (χ1v) is 5.58. The Labute approximate surface area is 94.8 Å². The lowest BCUT2D eigenvalue weighted by atomic mass is 10.2. The minimum absolute atomic E-state index is 0.155. The zero-order valence-electron chi connectivity index (χ0n) is 9.26. The predicted octanol–water partition coefficient (Wildman–Crippen LogP) is 2.86. The molecule has 1 N–H and O–H groups in total. The summed E-state index contributed by atoms with van der Waals surface area (Å²) in [4.78, 5) is 11.6. The zero-order chi connectivity index (χ0) is 11.4. The van der Waals surface area contributed by atoms with Crippen molar-refractivity contribution in [3.05, 3.63) is 23.2 Å². The third kappa shape index (κ3) is 2.99. The van der Waals surface area contributed by atoms with Gasteiger partial charge in [-0.25, -0.2) is 0 Å². The molecule has 0 spiro atoms. The van der Waals surface area contributed by atoms with E-state index < -0.39 is 0 Å². The topological polar surface area (TPSA) is 42.2 Å². The van der Waals surface area contributed by atoms with E-state index >= 15 is 0 Å². The second kappa shape index (κ2) is 5.21. The number of aryl methyl sites for hydroxylation is 1. The second-order valence-electron chi connectivity index (χ2n) is 3.61. The minimum atomic E-state index is -0.177. The summed E-state index contributed by atoms with van der Waals surface area (Å²) in [7, 11) is 0. The highest BCUT2D eigenvalue weighted by atomic mass is 35.5. The van der Waals surface area contributed by atoms with E-state index in [0.717, 1.165) is 12.0 Å². The van der Waals surface area contributed by atoms with Crippen LogP contribution in [-0.2, 0) is 5.88 Å². The van der Waals surface area contributed by atoms with Crippen molar-refractivity contribution >= 4 is 17.5 Å². The van der Waals surface area contributed by atoms with E-state index in [0.29, 0.717) is 17.4 Å². The Balaban J connectivity index is 2.74. The molecule has 0 aliphatic carbocycles. The van der Waals surface area contributed by atoms with Crippen LogP contribution in [-0.4, -0.2) is 11.9 Å². The first-order chi connectivity index (χ1) is 7.08. The maximum Gasteiger partial charge on any atom is 0.287 e. The summed E-state index contributed by atoms with van der Waals surface area (Å²) in [6.07, 6.45) is 0.897. The summed E-state index contributed by atoms with van der Waals surface area (Å²) >= 11 is 5.69. The molecule has 0 aliphatic heterocycles. The Morgan fingerprint density at radius 2 is 2.33 bits per heavy atom. The van der Waals surface area contributed by atoms with Gasteiger partial charge in [-0.3, -0.25) is 4.79 Å². The van der Waals surface area contributed by atoms with Crippen LogP contribution in [0.2, 0.25) is 0 Å². The Bertz CT molecular complexity index is 346. The van der Waals surface area contributed by atoms with Gasteiger partial charge in [-0.1, -0.05) is 6.92 Å². The lowest BCUT2D eigenvalue weighted by molar-refractivity contribution is 0.0910. The molecule has 0 fully saturated rings. The molecule has 0 radical (unpaired) electrons. The second-order valence-corrected chi connectivity index (χ2v) is 3.88. The van der Waals surface area contributed by atoms with E-state index in [1.165, 1.54) is 0 Å². The van der Waals surface area contributed by atoms with Gasteiger partial charge in [0, 0.05) is 11.6 Å². The molecule has 15 heavy (non-hydrogen) atoms. The Morgan fingerprint density at radius 3 is 2.80 bits per heavy atom. The molecule has 4 heteroatoms. The number of alkyl halides is 1. The van der Waals surface area contributed by atoms with Crippen molar-refractivity contribution in [1.82, 2.24) is 5.32 Å². The predicted molar refractivity (Wildman–Crippen MR) is 60.2 cm³/mol. The van der Waals surface area contributed by atoms with Crippen molar-refractivity contribution in [3.8, 4) is 0 Å². The van der Waals surface area contributed by atoms with E-state index in [9.17, 15) is 4.79 Å². The van der Waals surface area contributed by atoms with Gasteiger partial charge in [0.05, 0.1) is 5.88 Å². The number of hydrogen-bond donors (Lipinski definition) is 1. The average Bonchev–Trinajstić information content (AvgIpc) is 2.59. The van der Waals surface area contributed by atoms with E-state index in [1.807, 2.05) is 13.8 Å². The van der Waals surface area contributed by atoms with Gasteiger partial charge in [-0.15, -0.1) is 11.6 Å². The highest BCUT2D eigenvalue weighted by Crippen LogP contribution is 2.16. The van der Waals surface area contributed by atoms with Crippen LogP contribution in [0.25, 0.3) is 0 Å². The van der Waals surface area contributed by atoms with Crippen molar-refractivity contribution in [3.63, 3.8) is 0 Å². The van der Waals surface area contributed by atoms with Gasteiger partial charge in [0.2, 0.25) is 0 Å². The van der Waals surface area contributed by atoms with E-state index in [1.54, 1.807) is 13.0 Å². The SMILES string of the molecule is CCC(C)NC(=O)c1cc(CCl)c(C)o1. The molecule has 84 valence electrons. The van der Waals surface area contributed by atoms with Crippen LogP contribution in [0.3, 0.4) is 0 Å². The molecule has 1 rings (SSSR count). The van der Waals surface area contributed by atoms with Crippen molar-refractivity contribution in [2.75, 3.05) is 0 Å². The molecular weight excluding hydrogens is 214 g/mol. The van der Waals surface area contributed by atoms with Crippen LogP contribution in [0.1, 0.15) is 42.1 Å². The third-order valence-corrected chi connectivity index (χ3v) is 2.67. The van der Waals surface area contributed by atoms with Crippen LogP contribution in [0.5, 0.6) is 0 Å². The fourth-order valence-corrected chi connectivity index (χ4v) is 1.43. The molecule has 0 aliphatic rings. The first kappa shape index (κ1) is 12.1. The number of hydrogen-bond acceptors (Lipinski definition) is 2. The van der Waals surface area contributed by atoms with E-state index in [2.05, 4.69) is 5.32 Å². The lowest BCUT2D eigenvalue weighted by Gasteiger charge is -2.09. The van der Waals surface area contributed by atoms with Gasteiger partial charge >= 0.3 is 0 Å². The van der Waals surface area contributed by atoms with Gasteiger partial charge in [0.25, 0.3) is 5.91 Å². The van der Waals surface area contributed by atoms with Crippen molar-refractivity contribution in [1.29, 1.82) is 0 Å². The Hall–Kier alpha value is -0.960. The summed E-state index contributed by atoms with van der Waals surface area (Å²) in [5, 5.41) is 2.83. The quantitative estimate of drug-likeness (QED) is 0.807. The molecule has 1 atom stereocenters. The van der Waals surface area contributed by atoms with Crippen LogP contribution < -0.4 is 5.32 Å². The number of amides is 1. The van der Waals surface area contributed by atoms with Gasteiger partial charge in [-0.2, -0.15) is 0 Å². The smallest absolute Gasteiger partial charge is 0.287 e. The molecule has 0 saturated heterocycles. The molecule has 1 amide bonds. The summed E-state index contributed by atoms with van der Waals surface area (Å²) in [5.41, 5.74) is 0.867. The molecule has 3 nitrogen and oxygen atoms in total. The molecule has 1 aromatic heterocycles. The standard InChI is InChI=1S/C11H16ClNO2/c1-4-7(2)13-11(14)10-5-9(6-12)8(3)15-10/h5,7H,4,6H2,1-3H3,(H,13,14). The molecule has 0 aromatic carbocycles. The third-order valence-electron chi connectivity index (χ3n) is 2.38. The molecular formula is C11H16ClNO2. The monoisotopic (exact) mass is 229 g/mol. The van der Waals surface area contributed by atoms with Gasteiger partial charge in [-0.05, 0) is 26.3 Å². The molecule has 0 bridgehead atoms. The van der Waals surface area contributed by atoms with Gasteiger partial charge in [0.15, 0.2) is 5.76 Å². The van der Waals surface area contributed by atoms with Crippen LogP contribution >= 0.6 is 11.6 Å². The Morgan fingerprint density at radius 1 is 1.67 bits per heavy atom. The number of carbonyl (C=O) groups excluding carboxylic acids is 1. The van der Waals surface area contributed by atoms with E-state index in [4.69, 9.17) is 16.0 Å². The number of rotatable bonds is 4. The largest absolute Gasteiger partial charge is 0.456 e. The molecule has 1 unspecified atom stereocenters. The molecule has 1 aromatic rings. The van der Waals surface area contributed by atoms with Gasteiger partial charge in [0.1, 0.15) is 5.76 Å². The average molecular weight is 230 g/mol. The lowest BCUT2D eigenvalue weighted by Crippen LogP contribution is -2.31. The summed E-state index contributed by atoms with van der Waals surface area (Å²) in [5.74, 6) is 1.23. The number of nitrogens with one attached hydrogen (secondary N) is 1. The highest BCUT2D eigenvalue weighted by Gasteiger charge is 2.14. The number of halogens is 1. The first-order valence-electron chi connectivity index (χ1n) is 5.04. The van der Waals surface area contributed by atoms with Gasteiger partial charge < -0.3 is 9.73 Å². The van der Waals surface area contributed by atoms with Crippen LogP contribution in [0.15, 0.2) is 10.5 Å². The van der Waals surface area contributed by atoms with Crippen LogP contribution in [0.4, 0.5) is 0 Å². The fraction of sp³-hybridized carbons (Fsp3) is 0.545. The summed E-state index contributed by atoms with van der Waals surface area (Å²) in [6, 6.07) is 1.85. The normalized spacial score (nSPS) is 12.5. The van der Waals surface area contributed by atoms with Crippen molar-refractivity contribution in [2.45, 2.75) is 39.1 Å². The maximum absolute atomic E-state index is 11.6. The summed E-state index contributed by atoms with van der Waals surface area (Å²) < 4.78 is 5.32. The molecule has 1 heterocycles. The van der Waals surface area contributed by atoms with Crippen molar-refractivity contribution in [2.24, 2.45) is 0 Å². The molecule has 0 saturated carbocycles. The summed E-state index contributed by atoms with van der Waals surface area (Å²) in [6.45, 7) is 5.77. The maximum atomic E-state index is 11.6.